The van der Waals surface area contributed by atoms with Gasteiger partial charge in [-0.3, -0.25) is 0 Å². The quantitative estimate of drug-likeness (QED) is 0.809. The van der Waals surface area contributed by atoms with Gasteiger partial charge in [0.05, 0.1) is 11.0 Å². The first-order chi connectivity index (χ1) is 9.25. The molecule has 20 heavy (non-hydrogen) atoms. The van der Waals surface area contributed by atoms with Crippen molar-refractivity contribution >= 4 is 9.84 Å². The fraction of sp³-hybridized carbons (Fsp3) is 0.600. The second-order valence-corrected chi connectivity index (χ2v) is 7.46. The van der Waals surface area contributed by atoms with Gasteiger partial charge in [-0.05, 0) is 30.5 Å². The Morgan fingerprint density at radius 1 is 1.20 bits per heavy atom. The standard InChI is InChI=1S/C15H25NO3S/c1-5-11(2)12(3)16-10-15(17)13-6-8-14(9-7-13)20(4,18)19/h6-9,11-12,15-17H,5,10H2,1-4H3. The van der Waals surface area contributed by atoms with Gasteiger partial charge in [-0.1, -0.05) is 32.4 Å². The van der Waals surface area contributed by atoms with Crippen LogP contribution in [0.4, 0.5) is 0 Å². The fourth-order valence-electron chi connectivity index (χ4n) is 1.91. The van der Waals surface area contributed by atoms with Crippen LogP contribution >= 0.6 is 0 Å². The largest absolute Gasteiger partial charge is 0.387 e. The van der Waals surface area contributed by atoms with Crippen LogP contribution in [0.5, 0.6) is 0 Å². The molecule has 5 heteroatoms. The van der Waals surface area contributed by atoms with Gasteiger partial charge in [0.1, 0.15) is 0 Å². The first kappa shape index (κ1) is 17.1. The zero-order chi connectivity index (χ0) is 15.3. The van der Waals surface area contributed by atoms with Crippen LogP contribution in [0, 0.1) is 5.92 Å². The maximum Gasteiger partial charge on any atom is 0.175 e. The summed E-state index contributed by atoms with van der Waals surface area (Å²) < 4.78 is 22.7. The van der Waals surface area contributed by atoms with Crippen LogP contribution < -0.4 is 5.32 Å². The summed E-state index contributed by atoms with van der Waals surface area (Å²) in [4.78, 5) is 0.273. The Morgan fingerprint density at radius 3 is 2.20 bits per heavy atom. The van der Waals surface area contributed by atoms with E-state index in [1.54, 1.807) is 12.1 Å². The molecule has 0 saturated heterocycles. The van der Waals surface area contributed by atoms with Crippen LogP contribution in [0.15, 0.2) is 29.2 Å². The molecule has 0 aliphatic carbocycles. The van der Waals surface area contributed by atoms with Crippen molar-refractivity contribution in [2.45, 2.75) is 44.2 Å². The molecule has 0 radical (unpaired) electrons. The van der Waals surface area contributed by atoms with E-state index in [4.69, 9.17) is 0 Å². The highest BCUT2D eigenvalue weighted by Gasteiger charge is 2.14. The number of benzene rings is 1. The van der Waals surface area contributed by atoms with E-state index >= 15 is 0 Å². The van der Waals surface area contributed by atoms with Gasteiger partial charge < -0.3 is 10.4 Å². The molecule has 0 heterocycles. The monoisotopic (exact) mass is 299 g/mol. The molecule has 0 aromatic heterocycles. The number of hydrogen-bond acceptors (Lipinski definition) is 4. The van der Waals surface area contributed by atoms with Gasteiger partial charge in [-0.15, -0.1) is 0 Å². The van der Waals surface area contributed by atoms with Crippen LogP contribution in [0.3, 0.4) is 0 Å². The Hall–Kier alpha value is -0.910. The molecule has 0 fully saturated rings. The van der Waals surface area contributed by atoms with Crippen LogP contribution in [-0.2, 0) is 9.84 Å². The molecule has 1 rings (SSSR count). The second-order valence-electron chi connectivity index (χ2n) is 5.44. The van der Waals surface area contributed by atoms with Crippen LogP contribution in [0.1, 0.15) is 38.9 Å². The molecular formula is C15H25NO3S. The lowest BCUT2D eigenvalue weighted by Gasteiger charge is -2.22. The van der Waals surface area contributed by atoms with E-state index < -0.39 is 15.9 Å². The van der Waals surface area contributed by atoms with Crippen LogP contribution in [0.25, 0.3) is 0 Å². The molecule has 0 spiro atoms. The van der Waals surface area contributed by atoms with E-state index in [1.807, 2.05) is 0 Å². The smallest absolute Gasteiger partial charge is 0.175 e. The molecule has 3 unspecified atom stereocenters. The molecule has 3 atom stereocenters. The van der Waals surface area contributed by atoms with Gasteiger partial charge in [0.25, 0.3) is 0 Å². The zero-order valence-corrected chi connectivity index (χ0v) is 13.4. The third-order valence-corrected chi connectivity index (χ3v) is 4.95. The van der Waals surface area contributed by atoms with Gasteiger partial charge in [-0.2, -0.15) is 0 Å². The number of sulfone groups is 1. The SMILES string of the molecule is CCC(C)C(C)NCC(O)c1ccc(S(C)(=O)=O)cc1. The Kier molecular flexibility index (Phi) is 6.17. The Morgan fingerprint density at radius 2 is 1.75 bits per heavy atom. The van der Waals surface area contributed by atoms with Crippen molar-refractivity contribution in [3.8, 4) is 0 Å². The number of aliphatic hydroxyl groups excluding tert-OH is 1. The molecular weight excluding hydrogens is 274 g/mol. The maximum absolute atomic E-state index is 11.4. The van der Waals surface area contributed by atoms with Gasteiger partial charge in [0.2, 0.25) is 0 Å². The van der Waals surface area contributed by atoms with Crippen molar-refractivity contribution in [1.29, 1.82) is 0 Å². The highest BCUT2D eigenvalue weighted by molar-refractivity contribution is 7.90. The number of rotatable bonds is 7. The molecule has 0 aliphatic heterocycles. The summed E-state index contributed by atoms with van der Waals surface area (Å²) in [7, 11) is -3.18. The molecule has 114 valence electrons. The molecule has 0 amide bonds. The lowest BCUT2D eigenvalue weighted by Crippen LogP contribution is -2.34. The lowest BCUT2D eigenvalue weighted by atomic mass is 10.0. The van der Waals surface area contributed by atoms with Gasteiger partial charge >= 0.3 is 0 Å². The Bertz CT molecular complexity index is 510. The van der Waals surface area contributed by atoms with Crippen molar-refractivity contribution in [3.63, 3.8) is 0 Å². The topological polar surface area (TPSA) is 66.4 Å². The summed E-state index contributed by atoms with van der Waals surface area (Å²) in [6, 6.07) is 6.73. The highest BCUT2D eigenvalue weighted by Crippen LogP contribution is 2.16. The van der Waals surface area contributed by atoms with Gasteiger partial charge in [0, 0.05) is 18.8 Å². The minimum Gasteiger partial charge on any atom is -0.387 e. The van der Waals surface area contributed by atoms with Gasteiger partial charge in [0.15, 0.2) is 9.84 Å². The zero-order valence-electron chi connectivity index (χ0n) is 12.6. The van der Waals surface area contributed by atoms with Crippen LogP contribution in [0.2, 0.25) is 0 Å². The average molecular weight is 299 g/mol. The minimum atomic E-state index is -3.18. The summed E-state index contributed by atoms with van der Waals surface area (Å²) in [5.41, 5.74) is 0.723. The summed E-state index contributed by atoms with van der Waals surface area (Å²) in [6.07, 6.45) is 1.64. The van der Waals surface area contributed by atoms with Crippen LogP contribution in [-0.4, -0.2) is 32.4 Å². The average Bonchev–Trinajstić information content (AvgIpc) is 2.42. The second kappa shape index (κ2) is 7.20. The number of aliphatic hydroxyl groups is 1. The molecule has 0 aliphatic rings. The number of hydrogen-bond donors (Lipinski definition) is 2. The molecule has 1 aromatic carbocycles. The van der Waals surface area contributed by atoms with E-state index in [-0.39, 0.29) is 4.90 Å². The van der Waals surface area contributed by atoms with Crippen molar-refractivity contribution in [2.24, 2.45) is 5.92 Å². The van der Waals surface area contributed by atoms with Crippen molar-refractivity contribution in [2.75, 3.05) is 12.8 Å². The third kappa shape index (κ3) is 4.89. The molecule has 0 bridgehead atoms. The van der Waals surface area contributed by atoms with E-state index in [0.717, 1.165) is 12.0 Å². The molecule has 4 nitrogen and oxygen atoms in total. The van der Waals surface area contributed by atoms with Crippen molar-refractivity contribution < 1.29 is 13.5 Å². The van der Waals surface area contributed by atoms with Crippen molar-refractivity contribution in [3.05, 3.63) is 29.8 Å². The first-order valence-electron chi connectivity index (χ1n) is 6.97. The third-order valence-electron chi connectivity index (χ3n) is 3.82. The Labute approximate surface area is 122 Å². The highest BCUT2D eigenvalue weighted by atomic mass is 32.2. The summed E-state index contributed by atoms with van der Waals surface area (Å²) >= 11 is 0. The molecule has 2 N–H and O–H groups in total. The number of nitrogens with one attached hydrogen (secondary N) is 1. The maximum atomic E-state index is 11.4. The molecule has 1 aromatic rings. The normalized spacial score (nSPS) is 16.6. The van der Waals surface area contributed by atoms with E-state index in [9.17, 15) is 13.5 Å². The predicted molar refractivity (Wildman–Crippen MR) is 81.4 cm³/mol. The minimum absolute atomic E-state index is 0.273. The summed E-state index contributed by atoms with van der Waals surface area (Å²) in [6.45, 7) is 6.88. The van der Waals surface area contributed by atoms with Gasteiger partial charge in [-0.25, -0.2) is 8.42 Å². The van der Waals surface area contributed by atoms with Crippen molar-refractivity contribution in [1.82, 2.24) is 5.32 Å². The van der Waals surface area contributed by atoms with E-state index in [0.29, 0.717) is 18.5 Å². The summed E-state index contributed by atoms with van der Waals surface area (Å²) in [5.74, 6) is 0.551. The van der Waals surface area contributed by atoms with E-state index in [1.165, 1.54) is 18.4 Å². The molecule has 0 saturated carbocycles. The van der Waals surface area contributed by atoms with E-state index in [2.05, 4.69) is 26.1 Å². The fourth-order valence-corrected chi connectivity index (χ4v) is 2.54. The Balaban J connectivity index is 2.62. The first-order valence-corrected chi connectivity index (χ1v) is 8.86. The summed E-state index contributed by atoms with van der Waals surface area (Å²) in [5, 5.41) is 13.4. The lowest BCUT2D eigenvalue weighted by molar-refractivity contribution is 0.166. The predicted octanol–water partition coefficient (Wildman–Crippen LogP) is 2.15.